The van der Waals surface area contributed by atoms with Gasteiger partial charge >= 0.3 is 0 Å². The minimum absolute atomic E-state index is 0.0717. The molecule has 4 aromatic rings. The lowest BCUT2D eigenvalue weighted by Gasteiger charge is -2.51. The average Bonchev–Trinajstić information content (AvgIpc) is 3.63. The van der Waals surface area contributed by atoms with Crippen molar-refractivity contribution in [3.05, 3.63) is 65.5 Å². The number of halogens is 4. The minimum Gasteiger partial charge on any atom is -0.369 e. The van der Waals surface area contributed by atoms with Crippen molar-refractivity contribution in [2.45, 2.75) is 11.8 Å². The van der Waals surface area contributed by atoms with E-state index in [0.29, 0.717) is 45.6 Å². The maximum Gasteiger partial charge on any atom is 0.267 e. The summed E-state index contributed by atoms with van der Waals surface area (Å²) < 4.78 is 2.85. The van der Waals surface area contributed by atoms with Crippen LogP contribution in [0.25, 0.3) is 0 Å². The van der Waals surface area contributed by atoms with Crippen molar-refractivity contribution in [2.24, 2.45) is 11.8 Å². The maximum absolute atomic E-state index is 12.9. The molecule has 10 N–H and O–H groups in total. The van der Waals surface area contributed by atoms with Crippen molar-refractivity contribution < 1.29 is 9.59 Å². The van der Waals surface area contributed by atoms with E-state index in [9.17, 15) is 9.59 Å². The van der Waals surface area contributed by atoms with Gasteiger partial charge in [-0.05, 0) is 87.7 Å². The lowest BCUT2D eigenvalue weighted by molar-refractivity contribution is 0.0674. The number of hydrogen-bond donors (Lipinski definition) is 8. The van der Waals surface area contributed by atoms with E-state index in [0.717, 1.165) is 20.3 Å². The van der Waals surface area contributed by atoms with E-state index >= 15 is 0 Å². The number of H-pyrrole nitrogens is 4. The van der Waals surface area contributed by atoms with Gasteiger partial charge in [0.05, 0.1) is 30.5 Å². The summed E-state index contributed by atoms with van der Waals surface area (Å²) in [7, 11) is 0. The zero-order chi connectivity index (χ0) is 27.1. The van der Waals surface area contributed by atoms with Gasteiger partial charge < -0.3 is 42.0 Å². The highest BCUT2D eigenvalue weighted by molar-refractivity contribution is 9.13. The Kier molecular flexibility index (Phi) is 7.75. The van der Waals surface area contributed by atoms with Gasteiger partial charge in [-0.15, -0.1) is 0 Å². The van der Waals surface area contributed by atoms with Crippen LogP contribution in [-0.2, 0) is 0 Å². The Bertz CT molecular complexity index is 1340. The van der Waals surface area contributed by atoms with Crippen LogP contribution in [0.15, 0.2) is 42.7 Å². The van der Waals surface area contributed by atoms with Crippen LogP contribution in [0.5, 0.6) is 0 Å². The number of aromatic amines is 4. The number of nitrogens with one attached hydrogen (secondary N) is 6. The third-order valence-electron chi connectivity index (χ3n) is 6.74. The van der Waals surface area contributed by atoms with Crippen LogP contribution in [0, 0.1) is 11.8 Å². The van der Waals surface area contributed by atoms with Gasteiger partial charge in [-0.2, -0.15) is 0 Å². The molecule has 0 aromatic carbocycles. The molecule has 0 radical (unpaired) electrons. The van der Waals surface area contributed by atoms with Gasteiger partial charge in [0.25, 0.3) is 11.8 Å². The number of rotatable bonds is 8. The molecule has 4 aromatic heterocycles. The summed E-state index contributed by atoms with van der Waals surface area (Å²) in [5.41, 5.74) is 14.3. The standard InChI is InChI=1S/C22H22Br4N10O2/c23-9-1-11(33-17(9)25)19(37)29-3-7-8(4-30-20(38)12-2-10(24)18(26)34-12)16(14-6-32-22(28)36-14)15(7)13-5-31-21(27)35-13/h1-2,5-8,15-16,33-34H,3-4H2,(H,29,37)(H,30,38)(H3,27,31,35)(H3,28,32,36). The van der Waals surface area contributed by atoms with Crippen molar-refractivity contribution in [1.29, 1.82) is 0 Å². The normalized spacial score (nSPS) is 20.7. The van der Waals surface area contributed by atoms with E-state index in [2.05, 4.69) is 104 Å². The van der Waals surface area contributed by atoms with Gasteiger partial charge in [0.15, 0.2) is 11.9 Å². The third kappa shape index (κ3) is 5.31. The topological polar surface area (TPSA) is 199 Å². The monoisotopic (exact) mass is 774 g/mol. The van der Waals surface area contributed by atoms with Gasteiger partial charge in [-0.3, -0.25) is 9.59 Å². The fraction of sp³-hybridized carbons (Fsp3) is 0.273. The van der Waals surface area contributed by atoms with E-state index in [1.807, 2.05) is 0 Å². The highest BCUT2D eigenvalue weighted by atomic mass is 79.9. The number of nitrogens with zero attached hydrogens (tertiary/aromatic N) is 2. The summed E-state index contributed by atoms with van der Waals surface area (Å²) in [5.74, 6) is -0.252. The Morgan fingerprint density at radius 1 is 0.737 bits per heavy atom. The van der Waals surface area contributed by atoms with Crippen molar-refractivity contribution >= 4 is 87.4 Å². The van der Waals surface area contributed by atoms with E-state index < -0.39 is 0 Å². The fourth-order valence-electron chi connectivity index (χ4n) is 5.03. The first-order chi connectivity index (χ1) is 18.1. The Labute approximate surface area is 249 Å². The highest BCUT2D eigenvalue weighted by Crippen LogP contribution is 2.56. The number of carbonyl (C=O) groups excluding carboxylic acids is 2. The van der Waals surface area contributed by atoms with Gasteiger partial charge in [0.2, 0.25) is 0 Å². The molecule has 4 atom stereocenters. The molecule has 38 heavy (non-hydrogen) atoms. The summed E-state index contributed by atoms with van der Waals surface area (Å²) >= 11 is 13.5. The highest BCUT2D eigenvalue weighted by Gasteiger charge is 2.53. The van der Waals surface area contributed by atoms with Crippen LogP contribution >= 0.6 is 63.7 Å². The largest absolute Gasteiger partial charge is 0.369 e. The molecule has 4 unspecified atom stereocenters. The maximum atomic E-state index is 12.9. The molecule has 4 heterocycles. The summed E-state index contributed by atoms with van der Waals surface area (Å²) in [5, 5.41) is 6.05. The van der Waals surface area contributed by atoms with Crippen molar-refractivity contribution in [1.82, 2.24) is 40.5 Å². The SMILES string of the molecule is Nc1ncc(C2C(CNC(=O)c3cc(Br)c(Br)[nH]3)C(CNC(=O)c3cc(Br)c(Br)[nH]3)C2c2cnc(N)[nH]2)[nH]1. The van der Waals surface area contributed by atoms with E-state index in [1.54, 1.807) is 24.5 Å². The molecule has 2 amide bonds. The van der Waals surface area contributed by atoms with E-state index in [1.165, 1.54) is 0 Å². The first-order valence-corrected chi connectivity index (χ1v) is 14.5. The molecule has 1 aliphatic carbocycles. The smallest absolute Gasteiger partial charge is 0.267 e. The number of amides is 2. The lowest BCUT2D eigenvalue weighted by atomic mass is 9.54. The van der Waals surface area contributed by atoms with E-state index in [-0.39, 0.29) is 35.5 Å². The number of nitrogen functional groups attached to an aromatic ring is 2. The number of carbonyl (C=O) groups is 2. The summed E-state index contributed by atoms with van der Waals surface area (Å²) in [6.07, 6.45) is 3.40. The Hall–Kier alpha value is -2.56. The molecular formula is C22H22Br4N10O2. The molecule has 1 saturated carbocycles. The number of aromatic nitrogens is 6. The zero-order valence-electron chi connectivity index (χ0n) is 19.4. The second kappa shape index (κ2) is 10.9. The first-order valence-electron chi connectivity index (χ1n) is 11.4. The molecule has 0 aliphatic heterocycles. The molecule has 12 nitrogen and oxygen atoms in total. The molecule has 5 rings (SSSR count). The molecular weight excluding hydrogens is 756 g/mol. The third-order valence-corrected chi connectivity index (χ3v) is 10.3. The molecule has 0 spiro atoms. The van der Waals surface area contributed by atoms with Gasteiger partial charge in [0.1, 0.15) is 11.4 Å². The van der Waals surface area contributed by atoms with Crippen molar-refractivity contribution in [3.63, 3.8) is 0 Å². The number of anilines is 2. The average molecular weight is 778 g/mol. The summed E-state index contributed by atoms with van der Waals surface area (Å²) in [4.78, 5) is 46.4. The number of nitrogens with two attached hydrogens (primary N) is 2. The Morgan fingerprint density at radius 3 is 1.42 bits per heavy atom. The molecule has 0 saturated heterocycles. The van der Waals surface area contributed by atoms with Gasteiger partial charge in [0, 0.05) is 36.3 Å². The lowest BCUT2D eigenvalue weighted by Crippen LogP contribution is -2.53. The van der Waals surface area contributed by atoms with E-state index in [4.69, 9.17) is 11.5 Å². The van der Waals surface area contributed by atoms with Crippen LogP contribution in [0.2, 0.25) is 0 Å². The number of hydrogen-bond acceptors (Lipinski definition) is 6. The quantitative estimate of drug-likeness (QED) is 0.133. The van der Waals surface area contributed by atoms with Crippen LogP contribution in [0.4, 0.5) is 11.9 Å². The molecule has 200 valence electrons. The molecule has 1 aliphatic rings. The predicted octanol–water partition coefficient (Wildman–Crippen LogP) is 3.98. The van der Waals surface area contributed by atoms with Crippen LogP contribution in [-0.4, -0.2) is 54.8 Å². The van der Waals surface area contributed by atoms with Crippen LogP contribution < -0.4 is 22.1 Å². The summed E-state index contributed by atoms with van der Waals surface area (Å²) in [6.45, 7) is 0.688. The molecule has 0 bridgehead atoms. The Balaban J connectivity index is 1.40. The number of imidazole rings is 2. The predicted molar refractivity (Wildman–Crippen MR) is 156 cm³/mol. The second-order valence-corrected chi connectivity index (χ2v) is 12.2. The summed E-state index contributed by atoms with van der Waals surface area (Å²) in [6, 6.07) is 3.40. The zero-order valence-corrected chi connectivity index (χ0v) is 25.8. The van der Waals surface area contributed by atoms with Gasteiger partial charge in [-0.25, -0.2) is 9.97 Å². The minimum atomic E-state index is -0.252. The Morgan fingerprint density at radius 2 is 1.13 bits per heavy atom. The second-order valence-electron chi connectivity index (χ2n) is 8.94. The first kappa shape index (κ1) is 27.0. The molecule has 1 fully saturated rings. The van der Waals surface area contributed by atoms with Crippen LogP contribution in [0.3, 0.4) is 0 Å². The van der Waals surface area contributed by atoms with Crippen molar-refractivity contribution in [2.75, 3.05) is 24.6 Å². The van der Waals surface area contributed by atoms with Crippen molar-refractivity contribution in [3.8, 4) is 0 Å². The van der Waals surface area contributed by atoms with Gasteiger partial charge in [-0.1, -0.05) is 0 Å². The molecule has 16 heteroatoms. The fourth-order valence-corrected chi connectivity index (χ4v) is 6.34. The van der Waals surface area contributed by atoms with Crippen LogP contribution in [0.1, 0.15) is 44.2 Å².